The Morgan fingerprint density at radius 3 is 1.71 bits per heavy atom. The van der Waals surface area contributed by atoms with E-state index in [-0.39, 0.29) is 18.6 Å². The van der Waals surface area contributed by atoms with Gasteiger partial charge in [-0.15, -0.1) is 0 Å². The van der Waals surface area contributed by atoms with E-state index in [9.17, 15) is 9.59 Å². The zero-order valence-electron chi connectivity index (χ0n) is 19.2. The molecular formula is C27H25N3O5. The van der Waals surface area contributed by atoms with E-state index in [4.69, 9.17) is 14.2 Å². The zero-order valence-corrected chi connectivity index (χ0v) is 19.2. The highest BCUT2D eigenvalue weighted by molar-refractivity contribution is 6.50. The van der Waals surface area contributed by atoms with Gasteiger partial charge in [-0.1, -0.05) is 36.4 Å². The summed E-state index contributed by atoms with van der Waals surface area (Å²) in [5.74, 6) is -0.761. The summed E-state index contributed by atoms with van der Waals surface area (Å²) in [5.41, 5.74) is 4.23. The molecule has 0 spiro atoms. The first-order valence-electron chi connectivity index (χ1n) is 11.7. The Labute approximate surface area is 201 Å². The van der Waals surface area contributed by atoms with Crippen LogP contribution in [0.15, 0.2) is 60.9 Å². The largest absolute Gasteiger partial charge is 0.377 e. The molecule has 8 heteroatoms. The molecule has 2 amide bonds. The van der Waals surface area contributed by atoms with Crippen molar-refractivity contribution in [2.45, 2.75) is 13.1 Å². The smallest absolute Gasteiger partial charge is 0.259 e. The molecule has 0 aliphatic carbocycles. The molecule has 6 rings (SSSR count). The van der Waals surface area contributed by atoms with Crippen molar-refractivity contribution in [1.29, 1.82) is 0 Å². The van der Waals surface area contributed by atoms with E-state index in [1.54, 1.807) is 0 Å². The summed E-state index contributed by atoms with van der Waals surface area (Å²) in [6.45, 7) is 3.23. The zero-order chi connectivity index (χ0) is 23.8. The molecule has 2 aliphatic rings. The van der Waals surface area contributed by atoms with Crippen LogP contribution in [-0.4, -0.2) is 54.2 Å². The summed E-state index contributed by atoms with van der Waals surface area (Å²) in [6, 6.07) is 15.8. The van der Waals surface area contributed by atoms with Crippen molar-refractivity contribution in [1.82, 2.24) is 14.5 Å². The number of ether oxygens (including phenoxy) is 3. The molecule has 0 saturated carbocycles. The fourth-order valence-electron chi connectivity index (χ4n) is 4.95. The number of hydrogen-bond donors (Lipinski definition) is 1. The molecule has 2 aliphatic heterocycles. The number of hydrogen-bond acceptors (Lipinski definition) is 5. The summed E-state index contributed by atoms with van der Waals surface area (Å²) in [4.78, 5) is 26.4. The molecule has 0 fully saturated rings. The standard InChI is InChI=1S/C27H25N3O5/c31-26-24-20-15-29(22-7-3-1-5-18(20)22)9-11-33-13-14-35-17-34-12-10-30-16-21(25(24)27(32)28-26)19-6-2-4-8-23(19)30/h1-8,15-16H,9-14,17H2,(H,28,31,32). The highest BCUT2D eigenvalue weighted by Crippen LogP contribution is 2.39. The fourth-order valence-corrected chi connectivity index (χ4v) is 4.95. The lowest BCUT2D eigenvalue weighted by molar-refractivity contribution is -0.122. The normalized spacial score (nSPS) is 17.9. The average molecular weight is 472 g/mol. The number of rotatable bonds is 0. The number of aromatic nitrogens is 2. The van der Waals surface area contributed by atoms with Gasteiger partial charge in [-0.25, -0.2) is 0 Å². The number of carbonyl (C=O) groups excluding carboxylic acids is 2. The van der Waals surface area contributed by atoms with Gasteiger partial charge >= 0.3 is 0 Å². The van der Waals surface area contributed by atoms with Gasteiger partial charge in [-0.3, -0.25) is 14.9 Å². The summed E-state index contributed by atoms with van der Waals surface area (Å²) in [7, 11) is 0. The predicted octanol–water partition coefficient (Wildman–Crippen LogP) is 3.18. The molecule has 4 bridgehead atoms. The Morgan fingerprint density at radius 2 is 1.11 bits per heavy atom. The van der Waals surface area contributed by atoms with Crippen molar-refractivity contribution in [3.63, 3.8) is 0 Å². The third kappa shape index (κ3) is 3.85. The van der Waals surface area contributed by atoms with Crippen molar-refractivity contribution in [2.24, 2.45) is 0 Å². The van der Waals surface area contributed by atoms with Crippen LogP contribution in [-0.2, 0) is 36.9 Å². The number of amides is 2. The van der Waals surface area contributed by atoms with E-state index in [0.29, 0.717) is 50.7 Å². The SMILES string of the molecule is O=C1NC(=O)C2=C1c1cn(c3ccccc13)CCOCCOCOCCn1cc2c2ccccc21. The fraction of sp³-hybridized carbons (Fsp3) is 0.259. The highest BCUT2D eigenvalue weighted by atomic mass is 16.7. The Balaban J connectivity index is 1.58. The maximum atomic E-state index is 13.2. The van der Waals surface area contributed by atoms with E-state index >= 15 is 0 Å². The summed E-state index contributed by atoms with van der Waals surface area (Å²) >= 11 is 0. The Hall–Kier alpha value is -3.72. The molecular weight excluding hydrogens is 446 g/mol. The highest BCUT2D eigenvalue weighted by Gasteiger charge is 2.35. The van der Waals surface area contributed by atoms with Crippen LogP contribution in [0.5, 0.6) is 0 Å². The summed E-state index contributed by atoms with van der Waals surface area (Å²) in [6.07, 6.45) is 3.90. The Bertz CT molecular complexity index is 1370. The molecule has 0 saturated heterocycles. The monoisotopic (exact) mass is 471 g/mol. The molecule has 1 N–H and O–H groups in total. The minimum Gasteiger partial charge on any atom is -0.377 e. The second-order valence-electron chi connectivity index (χ2n) is 8.59. The molecule has 35 heavy (non-hydrogen) atoms. The number of carbonyl (C=O) groups is 2. The lowest BCUT2D eigenvalue weighted by atomic mass is 9.95. The van der Waals surface area contributed by atoms with Crippen LogP contribution in [0.3, 0.4) is 0 Å². The van der Waals surface area contributed by atoms with Crippen LogP contribution >= 0.6 is 0 Å². The van der Waals surface area contributed by atoms with Gasteiger partial charge in [-0.05, 0) is 12.1 Å². The van der Waals surface area contributed by atoms with Gasteiger partial charge in [0.15, 0.2) is 0 Å². The predicted molar refractivity (Wildman–Crippen MR) is 131 cm³/mol. The minimum absolute atomic E-state index is 0.188. The van der Waals surface area contributed by atoms with Crippen LogP contribution in [0, 0.1) is 0 Å². The van der Waals surface area contributed by atoms with Crippen LogP contribution in [0.1, 0.15) is 11.1 Å². The van der Waals surface area contributed by atoms with Crippen LogP contribution < -0.4 is 5.32 Å². The van der Waals surface area contributed by atoms with E-state index in [1.165, 1.54) is 0 Å². The second kappa shape index (κ2) is 9.14. The van der Waals surface area contributed by atoms with Gasteiger partial charge in [0.2, 0.25) is 0 Å². The van der Waals surface area contributed by atoms with Gasteiger partial charge in [0.05, 0.1) is 37.6 Å². The van der Waals surface area contributed by atoms with E-state index in [0.717, 1.165) is 32.9 Å². The molecule has 0 unspecified atom stereocenters. The second-order valence-corrected chi connectivity index (χ2v) is 8.59. The lowest BCUT2D eigenvalue weighted by Gasteiger charge is -2.09. The molecule has 8 nitrogen and oxygen atoms in total. The lowest BCUT2D eigenvalue weighted by Crippen LogP contribution is -2.22. The molecule has 4 aromatic rings. The van der Waals surface area contributed by atoms with Gasteiger partial charge < -0.3 is 23.3 Å². The van der Waals surface area contributed by atoms with Crippen molar-refractivity contribution in [3.05, 3.63) is 72.1 Å². The minimum atomic E-state index is -0.382. The molecule has 2 aromatic carbocycles. The number of fused-ring (bicyclic) bond motifs is 12. The first kappa shape index (κ1) is 21.8. The topological polar surface area (TPSA) is 83.7 Å². The maximum absolute atomic E-state index is 13.2. The summed E-state index contributed by atoms with van der Waals surface area (Å²) in [5, 5.41) is 4.37. The number of imide groups is 1. The number of para-hydroxylation sites is 2. The van der Waals surface area contributed by atoms with E-state index in [1.807, 2.05) is 60.9 Å². The third-order valence-corrected chi connectivity index (χ3v) is 6.54. The molecule has 178 valence electrons. The number of nitrogens with zero attached hydrogens (tertiary/aromatic N) is 2. The van der Waals surface area contributed by atoms with Crippen LogP contribution in [0.4, 0.5) is 0 Å². The number of benzene rings is 2. The Kier molecular flexibility index (Phi) is 5.69. The summed E-state index contributed by atoms with van der Waals surface area (Å²) < 4.78 is 21.0. The average Bonchev–Trinajstić information content (AvgIpc) is 3.50. The van der Waals surface area contributed by atoms with Gasteiger partial charge in [0.1, 0.15) is 6.79 Å². The number of nitrogens with one attached hydrogen (secondary N) is 1. The van der Waals surface area contributed by atoms with Crippen molar-refractivity contribution >= 4 is 44.8 Å². The van der Waals surface area contributed by atoms with Gasteiger partial charge in [0, 0.05) is 58.4 Å². The quantitative estimate of drug-likeness (QED) is 0.398. The van der Waals surface area contributed by atoms with Crippen molar-refractivity contribution in [3.8, 4) is 0 Å². The Morgan fingerprint density at radius 1 is 0.629 bits per heavy atom. The molecule has 0 atom stereocenters. The van der Waals surface area contributed by atoms with Gasteiger partial charge in [-0.2, -0.15) is 0 Å². The first-order valence-corrected chi connectivity index (χ1v) is 11.7. The van der Waals surface area contributed by atoms with Crippen LogP contribution in [0.2, 0.25) is 0 Å². The first-order chi connectivity index (χ1) is 17.2. The third-order valence-electron chi connectivity index (χ3n) is 6.54. The van der Waals surface area contributed by atoms with Crippen LogP contribution in [0.25, 0.3) is 33.0 Å². The molecule has 0 radical (unpaired) electrons. The van der Waals surface area contributed by atoms with E-state index < -0.39 is 0 Å². The maximum Gasteiger partial charge on any atom is 0.259 e. The van der Waals surface area contributed by atoms with Crippen molar-refractivity contribution in [2.75, 3.05) is 33.2 Å². The molecule has 4 heterocycles. The molecule has 2 aromatic heterocycles. The van der Waals surface area contributed by atoms with Gasteiger partial charge in [0.25, 0.3) is 11.8 Å². The van der Waals surface area contributed by atoms with E-state index in [2.05, 4.69) is 14.5 Å². The van der Waals surface area contributed by atoms with Crippen molar-refractivity contribution < 1.29 is 23.8 Å².